The summed E-state index contributed by atoms with van der Waals surface area (Å²) in [5, 5.41) is 23.3. The minimum absolute atomic E-state index is 0.251. The normalized spacial score (nSPS) is 17.0. The van der Waals surface area contributed by atoms with Gasteiger partial charge in [0, 0.05) is 11.9 Å². The van der Waals surface area contributed by atoms with Crippen LogP contribution in [0.25, 0.3) is 10.9 Å². The van der Waals surface area contributed by atoms with E-state index in [4.69, 9.17) is 5.11 Å². The monoisotopic (exact) mass is 286 g/mol. The van der Waals surface area contributed by atoms with Crippen molar-refractivity contribution < 1.29 is 15.0 Å². The highest BCUT2D eigenvalue weighted by Gasteiger charge is 2.30. The van der Waals surface area contributed by atoms with Crippen LogP contribution in [-0.2, 0) is 0 Å². The third-order valence-corrected chi connectivity index (χ3v) is 4.10. The van der Waals surface area contributed by atoms with E-state index < -0.39 is 11.6 Å². The van der Waals surface area contributed by atoms with E-state index in [1.165, 1.54) is 0 Å². The Bertz CT molecular complexity index is 678. The number of carboxylic acids is 1. The van der Waals surface area contributed by atoms with E-state index in [0.29, 0.717) is 23.3 Å². The molecule has 21 heavy (non-hydrogen) atoms. The quantitative estimate of drug-likeness (QED) is 0.805. The molecule has 5 heteroatoms. The molecule has 1 saturated carbocycles. The van der Waals surface area contributed by atoms with Gasteiger partial charge in [-0.2, -0.15) is 0 Å². The number of anilines is 1. The van der Waals surface area contributed by atoms with Crippen LogP contribution in [0.15, 0.2) is 30.3 Å². The third-order valence-electron chi connectivity index (χ3n) is 4.10. The van der Waals surface area contributed by atoms with E-state index in [1.807, 2.05) is 0 Å². The number of benzene rings is 1. The third kappa shape index (κ3) is 2.83. The van der Waals surface area contributed by atoms with Crippen molar-refractivity contribution in [1.29, 1.82) is 0 Å². The summed E-state index contributed by atoms with van der Waals surface area (Å²) in [4.78, 5) is 15.6. The Morgan fingerprint density at radius 1 is 1.24 bits per heavy atom. The molecule has 0 radical (unpaired) electrons. The largest absolute Gasteiger partial charge is 0.478 e. The summed E-state index contributed by atoms with van der Waals surface area (Å²) in [7, 11) is 0. The fraction of sp³-hybridized carbons (Fsp3) is 0.375. The summed E-state index contributed by atoms with van der Waals surface area (Å²) in [6, 6.07) is 8.56. The van der Waals surface area contributed by atoms with E-state index >= 15 is 0 Å². The van der Waals surface area contributed by atoms with Crippen LogP contribution < -0.4 is 5.32 Å². The van der Waals surface area contributed by atoms with Crippen LogP contribution in [0.5, 0.6) is 0 Å². The van der Waals surface area contributed by atoms with Crippen LogP contribution in [-0.4, -0.2) is 33.3 Å². The number of pyridine rings is 1. The van der Waals surface area contributed by atoms with Crippen molar-refractivity contribution in [2.75, 3.05) is 11.9 Å². The average molecular weight is 286 g/mol. The molecule has 0 spiro atoms. The molecule has 1 aliphatic carbocycles. The second-order valence-electron chi connectivity index (χ2n) is 5.66. The predicted octanol–water partition coefficient (Wildman–Crippen LogP) is 2.65. The zero-order valence-electron chi connectivity index (χ0n) is 11.7. The first-order valence-electron chi connectivity index (χ1n) is 7.17. The first-order valence-corrected chi connectivity index (χ1v) is 7.17. The molecule has 2 aromatic rings. The highest BCUT2D eigenvalue weighted by Crippen LogP contribution is 2.29. The Morgan fingerprint density at radius 3 is 2.71 bits per heavy atom. The van der Waals surface area contributed by atoms with Crippen LogP contribution in [0.1, 0.15) is 36.0 Å². The second-order valence-corrected chi connectivity index (χ2v) is 5.66. The number of aromatic nitrogens is 1. The zero-order chi connectivity index (χ0) is 14.9. The molecule has 0 aliphatic heterocycles. The molecule has 0 atom stereocenters. The topological polar surface area (TPSA) is 82.5 Å². The number of carbonyl (C=O) groups is 1. The minimum Gasteiger partial charge on any atom is -0.478 e. The van der Waals surface area contributed by atoms with Crippen molar-refractivity contribution in [2.45, 2.75) is 31.3 Å². The summed E-state index contributed by atoms with van der Waals surface area (Å²) in [6.45, 7) is 0.476. The average Bonchev–Trinajstić information content (AvgIpc) is 2.91. The van der Waals surface area contributed by atoms with Crippen molar-refractivity contribution in [3.8, 4) is 0 Å². The molecule has 3 rings (SSSR count). The lowest BCUT2D eigenvalue weighted by molar-refractivity contribution is 0.0613. The van der Waals surface area contributed by atoms with Crippen LogP contribution in [0.3, 0.4) is 0 Å². The highest BCUT2D eigenvalue weighted by molar-refractivity contribution is 6.02. The minimum atomic E-state index is -0.955. The molecule has 3 N–H and O–H groups in total. The molecule has 110 valence electrons. The maximum absolute atomic E-state index is 11.2. The number of hydrogen-bond acceptors (Lipinski definition) is 4. The Labute approximate surface area is 122 Å². The van der Waals surface area contributed by atoms with E-state index in [1.54, 1.807) is 30.3 Å². The molecule has 1 aliphatic rings. The first kappa shape index (κ1) is 13.8. The van der Waals surface area contributed by atoms with Crippen molar-refractivity contribution >= 4 is 22.7 Å². The van der Waals surface area contributed by atoms with Gasteiger partial charge >= 0.3 is 5.97 Å². The molecule has 0 saturated heterocycles. The van der Waals surface area contributed by atoms with Gasteiger partial charge in [0.2, 0.25) is 0 Å². The van der Waals surface area contributed by atoms with E-state index in [-0.39, 0.29) is 5.56 Å². The lowest BCUT2D eigenvalue weighted by Gasteiger charge is -2.22. The van der Waals surface area contributed by atoms with Gasteiger partial charge in [0.25, 0.3) is 0 Å². The number of aromatic carboxylic acids is 1. The van der Waals surface area contributed by atoms with Crippen molar-refractivity contribution in [3.63, 3.8) is 0 Å². The molecule has 5 nitrogen and oxygen atoms in total. The summed E-state index contributed by atoms with van der Waals surface area (Å²) >= 11 is 0. The summed E-state index contributed by atoms with van der Waals surface area (Å²) in [5.74, 6) is -0.297. The standard InChI is InChI=1S/C16H18N2O3/c19-15(20)12-4-3-5-13-11(12)6-7-14(18-13)17-10-16(21)8-1-2-9-16/h3-7,21H,1-2,8-10H2,(H,17,18)(H,19,20). The van der Waals surface area contributed by atoms with Gasteiger partial charge < -0.3 is 15.5 Å². The maximum Gasteiger partial charge on any atom is 0.336 e. The summed E-state index contributed by atoms with van der Waals surface area (Å²) < 4.78 is 0. The van der Waals surface area contributed by atoms with Gasteiger partial charge in [-0.1, -0.05) is 18.9 Å². The van der Waals surface area contributed by atoms with Gasteiger partial charge in [-0.05, 0) is 37.1 Å². The van der Waals surface area contributed by atoms with Crippen molar-refractivity contribution in [1.82, 2.24) is 4.98 Å². The lowest BCUT2D eigenvalue weighted by Crippen LogP contribution is -2.33. The number of hydrogen-bond donors (Lipinski definition) is 3. The number of fused-ring (bicyclic) bond motifs is 1. The first-order chi connectivity index (χ1) is 10.1. The molecule has 0 unspecified atom stereocenters. The van der Waals surface area contributed by atoms with Crippen LogP contribution in [0, 0.1) is 0 Å². The van der Waals surface area contributed by atoms with Crippen molar-refractivity contribution in [3.05, 3.63) is 35.9 Å². The number of rotatable bonds is 4. The van der Waals surface area contributed by atoms with E-state index in [9.17, 15) is 9.90 Å². The Morgan fingerprint density at radius 2 is 2.00 bits per heavy atom. The van der Waals surface area contributed by atoms with Gasteiger partial charge in [0.15, 0.2) is 0 Å². The van der Waals surface area contributed by atoms with Crippen LogP contribution >= 0.6 is 0 Å². The number of nitrogens with zero attached hydrogens (tertiary/aromatic N) is 1. The number of carboxylic acid groups (broad SMARTS) is 1. The van der Waals surface area contributed by atoms with Crippen LogP contribution in [0.4, 0.5) is 5.82 Å². The summed E-state index contributed by atoms with van der Waals surface area (Å²) in [6.07, 6.45) is 3.75. The smallest absolute Gasteiger partial charge is 0.336 e. The lowest BCUT2D eigenvalue weighted by atomic mass is 10.0. The fourth-order valence-corrected chi connectivity index (χ4v) is 2.90. The molecular weight excluding hydrogens is 268 g/mol. The SMILES string of the molecule is O=C(O)c1cccc2nc(NCC3(O)CCCC3)ccc12. The molecule has 1 aromatic carbocycles. The van der Waals surface area contributed by atoms with Crippen LogP contribution in [0.2, 0.25) is 0 Å². The Hall–Kier alpha value is -2.14. The van der Waals surface area contributed by atoms with Gasteiger partial charge in [-0.3, -0.25) is 0 Å². The highest BCUT2D eigenvalue weighted by atomic mass is 16.4. The molecule has 1 heterocycles. The van der Waals surface area contributed by atoms with Gasteiger partial charge in [-0.25, -0.2) is 9.78 Å². The van der Waals surface area contributed by atoms with Gasteiger partial charge in [0.1, 0.15) is 5.82 Å². The summed E-state index contributed by atoms with van der Waals surface area (Å²) in [5.41, 5.74) is 0.249. The molecule has 1 fully saturated rings. The Balaban J connectivity index is 1.83. The Kier molecular flexibility index (Phi) is 3.51. The molecule has 1 aromatic heterocycles. The van der Waals surface area contributed by atoms with E-state index in [0.717, 1.165) is 25.7 Å². The zero-order valence-corrected chi connectivity index (χ0v) is 11.7. The van der Waals surface area contributed by atoms with Gasteiger partial charge in [0.05, 0.1) is 16.7 Å². The molecular formula is C16H18N2O3. The number of nitrogens with one attached hydrogen (secondary N) is 1. The van der Waals surface area contributed by atoms with Gasteiger partial charge in [-0.15, -0.1) is 0 Å². The predicted molar refractivity (Wildman–Crippen MR) is 80.6 cm³/mol. The second kappa shape index (κ2) is 5.33. The van der Waals surface area contributed by atoms with E-state index in [2.05, 4.69) is 10.3 Å². The molecule has 0 bridgehead atoms. The maximum atomic E-state index is 11.2. The number of aliphatic hydroxyl groups is 1. The fourth-order valence-electron chi connectivity index (χ4n) is 2.90. The van der Waals surface area contributed by atoms with Crippen molar-refractivity contribution in [2.24, 2.45) is 0 Å². The molecule has 0 amide bonds.